The molecule has 0 fully saturated rings. The molecule has 1 aliphatic rings. The Morgan fingerprint density at radius 3 is 2.72 bits per heavy atom. The fourth-order valence-corrected chi connectivity index (χ4v) is 2.71. The number of hydrogen-bond donors (Lipinski definition) is 0. The summed E-state index contributed by atoms with van der Waals surface area (Å²) in [5.41, 5.74) is 0.944. The number of esters is 1. The molecule has 25 heavy (non-hydrogen) atoms. The van der Waals surface area contributed by atoms with E-state index in [0.29, 0.717) is 11.1 Å². The van der Waals surface area contributed by atoms with Crippen LogP contribution >= 0.6 is 15.9 Å². The summed E-state index contributed by atoms with van der Waals surface area (Å²) in [6.45, 7) is 0. The van der Waals surface area contributed by atoms with Gasteiger partial charge in [0.05, 0.1) is 17.6 Å². The van der Waals surface area contributed by atoms with Crippen molar-refractivity contribution in [2.24, 2.45) is 4.99 Å². The monoisotopic (exact) mass is 402 g/mol. The average molecular weight is 403 g/mol. The van der Waals surface area contributed by atoms with Crippen molar-refractivity contribution in [3.8, 4) is 5.75 Å². The van der Waals surface area contributed by atoms with Gasteiger partial charge in [-0.05, 0) is 45.8 Å². The normalized spacial score (nSPS) is 15.0. The summed E-state index contributed by atoms with van der Waals surface area (Å²) >= 11 is 3.37. The molecule has 0 unspecified atom stereocenters. The summed E-state index contributed by atoms with van der Waals surface area (Å²) in [5.74, 6) is -0.311. The summed E-state index contributed by atoms with van der Waals surface area (Å²) in [4.78, 5) is 26.8. The van der Waals surface area contributed by atoms with Crippen molar-refractivity contribution in [1.29, 1.82) is 0 Å². The molecule has 0 bridgehead atoms. The summed E-state index contributed by atoms with van der Waals surface area (Å²) in [7, 11) is 1.35. The molecule has 8 heteroatoms. The van der Waals surface area contributed by atoms with Crippen LogP contribution in [0.5, 0.6) is 5.75 Å². The zero-order valence-corrected chi connectivity index (χ0v) is 14.5. The lowest BCUT2D eigenvalue weighted by atomic mass is 10.1. The summed E-state index contributed by atoms with van der Waals surface area (Å²) in [6.07, 6.45) is 1.43. The fourth-order valence-electron chi connectivity index (χ4n) is 2.26. The van der Waals surface area contributed by atoms with Gasteiger partial charge in [-0.1, -0.05) is 18.2 Å². The molecule has 1 aliphatic heterocycles. The van der Waals surface area contributed by atoms with Gasteiger partial charge in [0.25, 0.3) is 0 Å². The lowest BCUT2D eigenvalue weighted by molar-refractivity contribution is -0.385. The highest BCUT2D eigenvalue weighted by atomic mass is 79.9. The number of benzene rings is 2. The molecule has 3 rings (SSSR count). The quantitative estimate of drug-likeness (QED) is 0.336. The van der Waals surface area contributed by atoms with Crippen LogP contribution in [0.3, 0.4) is 0 Å². The van der Waals surface area contributed by atoms with Crippen LogP contribution in [0, 0.1) is 10.1 Å². The van der Waals surface area contributed by atoms with Gasteiger partial charge in [0.1, 0.15) is 0 Å². The van der Waals surface area contributed by atoms with Crippen molar-refractivity contribution in [3.63, 3.8) is 0 Å². The molecule has 0 saturated carbocycles. The molecule has 126 valence electrons. The van der Waals surface area contributed by atoms with Gasteiger partial charge < -0.3 is 9.47 Å². The number of hydrogen-bond acceptors (Lipinski definition) is 6. The van der Waals surface area contributed by atoms with E-state index < -0.39 is 10.9 Å². The molecule has 1 heterocycles. The lowest BCUT2D eigenvalue weighted by Gasteiger charge is -2.02. The Hall–Kier alpha value is -3.00. The second-order valence-corrected chi connectivity index (χ2v) is 5.86. The van der Waals surface area contributed by atoms with Gasteiger partial charge in [-0.3, -0.25) is 10.1 Å². The van der Waals surface area contributed by atoms with E-state index in [9.17, 15) is 14.9 Å². The van der Waals surface area contributed by atoms with Crippen LogP contribution < -0.4 is 4.74 Å². The van der Waals surface area contributed by atoms with Crippen LogP contribution in [0.15, 0.2) is 57.6 Å². The van der Waals surface area contributed by atoms with E-state index >= 15 is 0 Å². The number of carbonyl (C=O) groups excluding carboxylic acids is 1. The van der Waals surface area contributed by atoms with Crippen molar-refractivity contribution in [3.05, 3.63) is 73.9 Å². The third-order valence-electron chi connectivity index (χ3n) is 3.43. The number of rotatable bonds is 4. The highest BCUT2D eigenvalue weighted by molar-refractivity contribution is 9.10. The van der Waals surface area contributed by atoms with E-state index in [1.54, 1.807) is 24.3 Å². The number of methoxy groups -OCH3 is 1. The van der Waals surface area contributed by atoms with Crippen LogP contribution in [-0.2, 0) is 9.53 Å². The highest BCUT2D eigenvalue weighted by Crippen LogP contribution is 2.29. The minimum atomic E-state index is -0.621. The summed E-state index contributed by atoms with van der Waals surface area (Å²) < 4.78 is 10.9. The fraction of sp³-hybridized carbons (Fsp3) is 0.0588. The Kier molecular flexibility index (Phi) is 4.62. The molecule has 0 saturated heterocycles. The van der Waals surface area contributed by atoms with E-state index in [1.165, 1.54) is 25.3 Å². The first-order chi connectivity index (χ1) is 12.0. The van der Waals surface area contributed by atoms with E-state index in [2.05, 4.69) is 20.9 Å². The molecule has 0 amide bonds. The number of halogens is 1. The Bertz CT molecular complexity index is 936. The molecule has 0 aliphatic carbocycles. The Balaban J connectivity index is 1.99. The maximum absolute atomic E-state index is 12.0. The van der Waals surface area contributed by atoms with Crippen molar-refractivity contribution in [2.75, 3.05) is 7.11 Å². The van der Waals surface area contributed by atoms with E-state index in [0.717, 1.165) is 4.47 Å². The molecule has 0 aromatic heterocycles. The van der Waals surface area contributed by atoms with Gasteiger partial charge in [-0.2, -0.15) is 0 Å². The second-order valence-electron chi connectivity index (χ2n) is 5.00. The minimum Gasteiger partial charge on any atom is -0.490 e. The molecule has 0 spiro atoms. The Labute approximate surface area is 150 Å². The second kappa shape index (κ2) is 6.86. The van der Waals surface area contributed by atoms with E-state index in [1.807, 2.05) is 6.07 Å². The summed E-state index contributed by atoms with van der Waals surface area (Å²) in [6, 6.07) is 11.6. The van der Waals surface area contributed by atoms with Gasteiger partial charge in [0.2, 0.25) is 5.90 Å². The van der Waals surface area contributed by atoms with Gasteiger partial charge >= 0.3 is 11.7 Å². The molecule has 2 aromatic carbocycles. The maximum Gasteiger partial charge on any atom is 0.363 e. The number of carbonyl (C=O) groups is 1. The molecule has 0 N–H and O–H groups in total. The van der Waals surface area contributed by atoms with Gasteiger partial charge in [0.15, 0.2) is 11.4 Å². The third kappa shape index (κ3) is 3.43. The largest absolute Gasteiger partial charge is 0.490 e. The molecular formula is C17H11BrN2O5. The SMILES string of the molecule is COc1ccc(/C=C2\N=C(c3ccccc3Br)OC2=O)cc1[N+](=O)[O-]. The number of nitro groups is 1. The van der Waals surface area contributed by atoms with Crippen LogP contribution in [0.25, 0.3) is 6.08 Å². The number of cyclic esters (lactones) is 1. The maximum atomic E-state index is 12.0. The van der Waals surface area contributed by atoms with E-state index in [-0.39, 0.29) is 23.0 Å². The molecule has 0 atom stereocenters. The van der Waals surface area contributed by atoms with Crippen molar-refractivity contribution >= 4 is 39.6 Å². The molecule has 7 nitrogen and oxygen atoms in total. The van der Waals surface area contributed by atoms with Crippen molar-refractivity contribution in [1.82, 2.24) is 0 Å². The standard InChI is InChI=1S/C17H11BrN2O5/c1-24-15-7-6-10(9-14(15)20(22)23)8-13-17(21)25-16(19-13)11-4-2-3-5-12(11)18/h2-9H,1H3/b13-8-. The number of nitro benzene ring substituents is 1. The number of aliphatic imine (C=N–C) groups is 1. The van der Waals surface area contributed by atoms with Crippen LogP contribution in [0.2, 0.25) is 0 Å². The third-order valence-corrected chi connectivity index (χ3v) is 4.12. The predicted molar refractivity (Wildman–Crippen MR) is 94.4 cm³/mol. The smallest absolute Gasteiger partial charge is 0.363 e. The van der Waals surface area contributed by atoms with Gasteiger partial charge in [-0.25, -0.2) is 9.79 Å². The average Bonchev–Trinajstić information content (AvgIpc) is 2.95. The molecule has 0 radical (unpaired) electrons. The highest BCUT2D eigenvalue weighted by Gasteiger charge is 2.25. The summed E-state index contributed by atoms with van der Waals surface area (Å²) in [5, 5.41) is 11.1. The first-order valence-corrected chi connectivity index (χ1v) is 7.89. The van der Waals surface area contributed by atoms with Crippen molar-refractivity contribution < 1.29 is 19.2 Å². The lowest BCUT2D eigenvalue weighted by Crippen LogP contribution is -2.05. The van der Waals surface area contributed by atoms with Crippen LogP contribution in [0.4, 0.5) is 5.69 Å². The topological polar surface area (TPSA) is 91.0 Å². The van der Waals surface area contributed by atoms with Crippen LogP contribution in [0.1, 0.15) is 11.1 Å². The van der Waals surface area contributed by atoms with E-state index in [4.69, 9.17) is 9.47 Å². The van der Waals surface area contributed by atoms with Gasteiger partial charge in [0, 0.05) is 10.5 Å². The van der Waals surface area contributed by atoms with Crippen molar-refractivity contribution in [2.45, 2.75) is 0 Å². The zero-order chi connectivity index (χ0) is 18.0. The Morgan fingerprint density at radius 1 is 1.28 bits per heavy atom. The van der Waals surface area contributed by atoms with Gasteiger partial charge in [-0.15, -0.1) is 0 Å². The molecule has 2 aromatic rings. The zero-order valence-electron chi connectivity index (χ0n) is 12.9. The minimum absolute atomic E-state index is 0.0604. The number of nitrogens with zero attached hydrogens (tertiary/aromatic N) is 2. The van der Waals surface area contributed by atoms with Crippen LogP contribution in [-0.4, -0.2) is 23.9 Å². The first kappa shape index (κ1) is 16.8. The first-order valence-electron chi connectivity index (χ1n) is 7.09. The predicted octanol–water partition coefficient (Wildman–Crippen LogP) is 3.71. The molecular weight excluding hydrogens is 392 g/mol. The Morgan fingerprint density at radius 2 is 2.04 bits per heavy atom. The number of ether oxygens (including phenoxy) is 2.